The zero-order valence-electron chi connectivity index (χ0n) is 15.5. The second-order valence-corrected chi connectivity index (χ2v) is 7.01. The van der Waals surface area contributed by atoms with Crippen LogP contribution in [0.25, 0.3) is 0 Å². The highest BCUT2D eigenvalue weighted by Gasteiger charge is 2.16. The third-order valence-electron chi connectivity index (χ3n) is 4.54. The number of nitrogens with one attached hydrogen (secondary N) is 1. The molecule has 2 aromatic rings. The number of piperidine rings is 1. The molecule has 1 aliphatic heterocycles. The van der Waals surface area contributed by atoms with Crippen molar-refractivity contribution < 1.29 is 9.53 Å². The Morgan fingerprint density at radius 1 is 1.07 bits per heavy atom. The van der Waals surface area contributed by atoms with Crippen LogP contribution < -0.4 is 10.2 Å². The van der Waals surface area contributed by atoms with E-state index in [4.69, 9.17) is 16.3 Å². The Morgan fingerprint density at radius 2 is 1.74 bits per heavy atom. The monoisotopic (exact) mass is 385 g/mol. The van der Waals surface area contributed by atoms with Crippen molar-refractivity contribution in [2.45, 2.75) is 26.2 Å². The summed E-state index contributed by atoms with van der Waals surface area (Å²) >= 11 is 5.88. The number of carbonyl (C=O) groups is 1. The Kier molecular flexibility index (Phi) is 6.71. The standard InChI is InChI=1S/C21H24ClN3O2/c1-16(23-24-19-9-7-18(22)8-10-19)17-5-11-20(12-6-17)27-15-21(26)25-13-3-2-4-14-25/h5-12,24H,2-4,13-15H2,1H3/b23-16-. The van der Waals surface area contributed by atoms with Gasteiger partial charge in [0.15, 0.2) is 6.61 Å². The molecular formula is C21H24ClN3O2. The second-order valence-electron chi connectivity index (χ2n) is 6.57. The summed E-state index contributed by atoms with van der Waals surface area (Å²) in [6.45, 7) is 3.71. The van der Waals surface area contributed by atoms with E-state index in [2.05, 4.69) is 10.5 Å². The van der Waals surface area contributed by atoms with Crippen LogP contribution in [0.1, 0.15) is 31.7 Å². The van der Waals surface area contributed by atoms with Crippen molar-refractivity contribution in [1.82, 2.24) is 4.90 Å². The van der Waals surface area contributed by atoms with Gasteiger partial charge in [-0.1, -0.05) is 11.6 Å². The van der Waals surface area contributed by atoms with E-state index < -0.39 is 0 Å². The van der Waals surface area contributed by atoms with Crippen molar-refractivity contribution in [3.63, 3.8) is 0 Å². The first-order valence-electron chi connectivity index (χ1n) is 9.19. The summed E-state index contributed by atoms with van der Waals surface area (Å²) in [4.78, 5) is 14.0. The van der Waals surface area contributed by atoms with Crippen molar-refractivity contribution in [1.29, 1.82) is 0 Å². The van der Waals surface area contributed by atoms with Gasteiger partial charge in [-0.05, 0) is 80.3 Å². The number of likely N-dealkylation sites (tertiary alicyclic amines) is 1. The van der Waals surface area contributed by atoms with Crippen molar-refractivity contribution in [3.05, 3.63) is 59.1 Å². The molecule has 1 saturated heterocycles. The minimum absolute atomic E-state index is 0.0590. The van der Waals surface area contributed by atoms with Gasteiger partial charge in [0.2, 0.25) is 0 Å². The number of hydrogen-bond acceptors (Lipinski definition) is 4. The third kappa shape index (κ3) is 5.73. The number of halogens is 1. The third-order valence-corrected chi connectivity index (χ3v) is 4.79. The lowest BCUT2D eigenvalue weighted by molar-refractivity contribution is -0.134. The fourth-order valence-corrected chi connectivity index (χ4v) is 3.04. The molecule has 1 fully saturated rings. The summed E-state index contributed by atoms with van der Waals surface area (Å²) in [6.07, 6.45) is 3.38. The van der Waals surface area contributed by atoms with Gasteiger partial charge >= 0.3 is 0 Å². The van der Waals surface area contributed by atoms with Gasteiger partial charge in [-0.3, -0.25) is 10.2 Å². The topological polar surface area (TPSA) is 53.9 Å². The van der Waals surface area contributed by atoms with Crippen LogP contribution in [0.4, 0.5) is 5.69 Å². The van der Waals surface area contributed by atoms with E-state index in [1.165, 1.54) is 6.42 Å². The molecule has 0 radical (unpaired) electrons. The van der Waals surface area contributed by atoms with Crippen LogP contribution in [0.2, 0.25) is 5.02 Å². The Balaban J connectivity index is 1.52. The molecule has 142 valence electrons. The fraction of sp³-hybridized carbons (Fsp3) is 0.333. The zero-order chi connectivity index (χ0) is 19.1. The van der Waals surface area contributed by atoms with E-state index in [9.17, 15) is 4.79 Å². The number of benzene rings is 2. The predicted octanol–water partition coefficient (Wildman–Crippen LogP) is 4.57. The molecule has 0 spiro atoms. The van der Waals surface area contributed by atoms with E-state index >= 15 is 0 Å². The summed E-state index contributed by atoms with van der Waals surface area (Å²) in [7, 11) is 0. The summed E-state index contributed by atoms with van der Waals surface area (Å²) in [5, 5.41) is 5.07. The molecule has 0 bridgehead atoms. The van der Waals surface area contributed by atoms with E-state index in [1.807, 2.05) is 60.4 Å². The van der Waals surface area contributed by atoms with E-state index in [1.54, 1.807) is 0 Å². The maximum absolute atomic E-state index is 12.2. The Morgan fingerprint density at radius 3 is 2.41 bits per heavy atom. The molecule has 0 saturated carbocycles. The van der Waals surface area contributed by atoms with Crippen LogP contribution >= 0.6 is 11.6 Å². The smallest absolute Gasteiger partial charge is 0.260 e. The lowest BCUT2D eigenvalue weighted by Crippen LogP contribution is -2.38. The number of hydrazone groups is 1. The molecule has 6 heteroatoms. The first-order valence-corrected chi connectivity index (χ1v) is 9.56. The molecule has 0 atom stereocenters. The molecule has 3 rings (SSSR count). The van der Waals surface area contributed by atoms with E-state index in [0.29, 0.717) is 10.8 Å². The van der Waals surface area contributed by atoms with Gasteiger partial charge in [-0.25, -0.2) is 0 Å². The lowest BCUT2D eigenvalue weighted by Gasteiger charge is -2.26. The first kappa shape index (κ1) is 19.2. The molecule has 27 heavy (non-hydrogen) atoms. The zero-order valence-corrected chi connectivity index (χ0v) is 16.2. The molecule has 5 nitrogen and oxygen atoms in total. The van der Waals surface area contributed by atoms with Crippen LogP contribution in [0.5, 0.6) is 5.75 Å². The highest BCUT2D eigenvalue weighted by atomic mass is 35.5. The summed E-state index contributed by atoms with van der Waals surface area (Å²) < 4.78 is 5.64. The molecule has 1 amide bonds. The molecule has 2 aromatic carbocycles. The predicted molar refractivity (Wildman–Crippen MR) is 110 cm³/mol. The molecule has 1 aliphatic rings. The molecule has 1 N–H and O–H groups in total. The van der Waals surface area contributed by atoms with Crippen molar-refractivity contribution >= 4 is 28.9 Å². The molecular weight excluding hydrogens is 362 g/mol. The van der Waals surface area contributed by atoms with Gasteiger partial charge in [0, 0.05) is 18.1 Å². The number of ether oxygens (including phenoxy) is 1. The SMILES string of the molecule is C/C(=N/Nc1ccc(Cl)cc1)c1ccc(OCC(=O)N2CCCCC2)cc1. The Labute approximate surface area is 165 Å². The van der Waals surface area contributed by atoms with Gasteiger partial charge in [0.05, 0.1) is 11.4 Å². The number of rotatable bonds is 6. The van der Waals surface area contributed by atoms with Gasteiger partial charge in [0.1, 0.15) is 5.75 Å². The Hall–Kier alpha value is -2.53. The van der Waals surface area contributed by atoms with Crippen molar-refractivity contribution in [2.24, 2.45) is 5.10 Å². The minimum Gasteiger partial charge on any atom is -0.484 e. The van der Waals surface area contributed by atoms with Gasteiger partial charge < -0.3 is 9.64 Å². The van der Waals surface area contributed by atoms with Crippen LogP contribution in [0.15, 0.2) is 53.6 Å². The van der Waals surface area contributed by atoms with Crippen LogP contribution in [-0.4, -0.2) is 36.2 Å². The first-order chi connectivity index (χ1) is 13.1. The number of hydrogen-bond donors (Lipinski definition) is 1. The highest BCUT2D eigenvalue weighted by molar-refractivity contribution is 6.30. The number of anilines is 1. The van der Waals surface area contributed by atoms with Gasteiger partial charge in [-0.15, -0.1) is 0 Å². The minimum atomic E-state index is 0.0590. The maximum atomic E-state index is 12.2. The molecule has 0 unspecified atom stereocenters. The number of nitrogens with zero attached hydrogens (tertiary/aromatic N) is 2. The van der Waals surface area contributed by atoms with Crippen molar-refractivity contribution in [2.75, 3.05) is 25.1 Å². The second kappa shape index (κ2) is 9.42. The fourth-order valence-electron chi connectivity index (χ4n) is 2.91. The molecule has 0 aromatic heterocycles. The highest BCUT2D eigenvalue weighted by Crippen LogP contribution is 2.16. The van der Waals surface area contributed by atoms with Crippen molar-refractivity contribution in [3.8, 4) is 5.75 Å². The average molecular weight is 386 g/mol. The summed E-state index contributed by atoms with van der Waals surface area (Å²) in [5.74, 6) is 0.742. The normalized spacial score (nSPS) is 14.7. The summed E-state index contributed by atoms with van der Waals surface area (Å²) in [6, 6.07) is 15.0. The van der Waals surface area contributed by atoms with E-state index in [0.717, 1.165) is 42.9 Å². The summed E-state index contributed by atoms with van der Waals surface area (Å²) in [5.41, 5.74) is 5.71. The van der Waals surface area contributed by atoms with E-state index in [-0.39, 0.29) is 12.5 Å². The maximum Gasteiger partial charge on any atom is 0.260 e. The number of amides is 1. The van der Waals surface area contributed by atoms with Gasteiger partial charge in [-0.2, -0.15) is 5.10 Å². The average Bonchev–Trinajstić information content (AvgIpc) is 2.72. The quantitative estimate of drug-likeness (QED) is 0.585. The van der Waals surface area contributed by atoms with Gasteiger partial charge in [0.25, 0.3) is 5.91 Å². The van der Waals surface area contributed by atoms with Crippen LogP contribution in [0.3, 0.4) is 0 Å². The van der Waals surface area contributed by atoms with Crippen LogP contribution in [-0.2, 0) is 4.79 Å². The molecule has 1 heterocycles. The lowest BCUT2D eigenvalue weighted by atomic mass is 10.1. The van der Waals surface area contributed by atoms with Crippen LogP contribution in [0, 0.1) is 0 Å². The molecule has 0 aliphatic carbocycles. The largest absolute Gasteiger partial charge is 0.484 e. The Bertz CT molecular complexity index is 782. The number of carbonyl (C=O) groups excluding carboxylic acids is 1.